The Labute approximate surface area is 111 Å². The predicted molar refractivity (Wildman–Crippen MR) is 65.0 cm³/mol. The monoisotopic (exact) mass is 270 g/mol. The van der Waals surface area contributed by atoms with E-state index in [0.717, 1.165) is 0 Å². The zero-order valence-electron chi connectivity index (χ0n) is 11.4. The first-order chi connectivity index (χ1) is 8.93. The fraction of sp³-hybridized carbons (Fsp3) is 0.615. The molecule has 1 rings (SSSR count). The molecule has 0 saturated heterocycles. The predicted octanol–water partition coefficient (Wildman–Crippen LogP) is 0.848. The van der Waals surface area contributed by atoms with Gasteiger partial charge in [0.2, 0.25) is 0 Å². The highest BCUT2D eigenvalue weighted by molar-refractivity contribution is 6.04. The first-order valence-electron chi connectivity index (χ1n) is 5.95. The molecule has 0 N–H and O–H groups in total. The number of hydrogen-bond acceptors (Lipinski definition) is 6. The van der Waals surface area contributed by atoms with E-state index >= 15 is 0 Å². The van der Waals surface area contributed by atoms with Gasteiger partial charge in [-0.15, -0.1) is 0 Å². The molecule has 19 heavy (non-hydrogen) atoms. The smallest absolute Gasteiger partial charge is 0.327 e. The molecule has 0 radical (unpaired) electrons. The molecular formula is C13H18O6. The third-order valence-corrected chi connectivity index (χ3v) is 3.34. The van der Waals surface area contributed by atoms with E-state index in [0.29, 0.717) is 5.57 Å². The van der Waals surface area contributed by atoms with Crippen molar-refractivity contribution in [3.8, 4) is 0 Å². The molecule has 6 nitrogen and oxygen atoms in total. The van der Waals surface area contributed by atoms with Crippen molar-refractivity contribution in [1.82, 2.24) is 0 Å². The molecule has 106 valence electrons. The Bertz CT molecular complexity index is 395. The van der Waals surface area contributed by atoms with E-state index in [9.17, 15) is 14.4 Å². The fourth-order valence-electron chi connectivity index (χ4n) is 2.37. The minimum absolute atomic E-state index is 0.0238. The number of rotatable bonds is 4. The van der Waals surface area contributed by atoms with E-state index in [1.165, 1.54) is 14.2 Å². The normalized spacial score (nSPS) is 20.8. The van der Waals surface area contributed by atoms with Crippen molar-refractivity contribution in [1.29, 1.82) is 0 Å². The van der Waals surface area contributed by atoms with Gasteiger partial charge in [-0.3, -0.25) is 14.4 Å². The van der Waals surface area contributed by atoms with Gasteiger partial charge in [-0.05, 0) is 25.3 Å². The summed E-state index contributed by atoms with van der Waals surface area (Å²) >= 11 is 0. The first kappa shape index (κ1) is 15.2. The van der Waals surface area contributed by atoms with Gasteiger partial charge in [0.1, 0.15) is 0 Å². The summed E-state index contributed by atoms with van der Waals surface area (Å²) in [6, 6.07) is 0. The summed E-state index contributed by atoms with van der Waals surface area (Å²) in [5.41, 5.74) is -1.27. The largest absolute Gasteiger partial charge is 0.468 e. The molecule has 0 aliphatic heterocycles. The Morgan fingerprint density at radius 1 is 1.26 bits per heavy atom. The molecule has 1 aliphatic carbocycles. The molecule has 1 aliphatic rings. The molecule has 0 heterocycles. The third kappa shape index (κ3) is 2.47. The molecule has 0 aromatic heterocycles. The van der Waals surface area contributed by atoms with Crippen molar-refractivity contribution in [2.45, 2.75) is 19.8 Å². The van der Waals surface area contributed by atoms with Crippen molar-refractivity contribution in [2.75, 3.05) is 20.8 Å². The lowest BCUT2D eigenvalue weighted by atomic mass is 9.82. The summed E-state index contributed by atoms with van der Waals surface area (Å²) in [6.07, 6.45) is 0.188. The quantitative estimate of drug-likeness (QED) is 0.326. The van der Waals surface area contributed by atoms with Crippen LogP contribution >= 0.6 is 0 Å². The van der Waals surface area contributed by atoms with Crippen LogP contribution in [0.2, 0.25) is 0 Å². The molecule has 1 unspecified atom stereocenters. The van der Waals surface area contributed by atoms with Gasteiger partial charge in [0, 0.05) is 0 Å². The van der Waals surface area contributed by atoms with Gasteiger partial charge in [-0.2, -0.15) is 0 Å². The van der Waals surface area contributed by atoms with Crippen LogP contribution in [-0.4, -0.2) is 38.7 Å². The van der Waals surface area contributed by atoms with Crippen molar-refractivity contribution in [3.63, 3.8) is 0 Å². The average molecular weight is 270 g/mol. The maximum Gasteiger partial charge on any atom is 0.327 e. The molecule has 1 atom stereocenters. The Hall–Kier alpha value is -1.85. The second kappa shape index (κ2) is 5.86. The first-order valence-corrected chi connectivity index (χ1v) is 5.95. The third-order valence-electron chi connectivity index (χ3n) is 3.34. The number of ether oxygens (including phenoxy) is 3. The topological polar surface area (TPSA) is 78.9 Å². The number of carbonyl (C=O) groups excluding carboxylic acids is 3. The van der Waals surface area contributed by atoms with E-state index < -0.39 is 29.2 Å². The number of methoxy groups -OCH3 is 2. The molecule has 1 fully saturated rings. The summed E-state index contributed by atoms with van der Waals surface area (Å²) < 4.78 is 14.2. The second-order valence-electron chi connectivity index (χ2n) is 4.35. The Kier molecular flexibility index (Phi) is 4.69. The van der Waals surface area contributed by atoms with Crippen LogP contribution in [0.15, 0.2) is 12.2 Å². The van der Waals surface area contributed by atoms with Crippen LogP contribution in [0.1, 0.15) is 19.8 Å². The van der Waals surface area contributed by atoms with Gasteiger partial charge >= 0.3 is 17.9 Å². The minimum atomic E-state index is -1.60. The maximum absolute atomic E-state index is 11.9. The Morgan fingerprint density at radius 3 is 2.21 bits per heavy atom. The highest BCUT2D eigenvalue weighted by atomic mass is 16.5. The SMILES string of the molecule is C=C1CC(C(=O)OCC)CC1(C(=O)OC)C(=O)OC. The van der Waals surface area contributed by atoms with Gasteiger partial charge in [-0.25, -0.2) is 0 Å². The van der Waals surface area contributed by atoms with E-state index in [4.69, 9.17) is 4.74 Å². The number of carbonyl (C=O) groups is 3. The van der Waals surface area contributed by atoms with E-state index in [-0.39, 0.29) is 19.4 Å². The van der Waals surface area contributed by atoms with E-state index in [1.54, 1.807) is 6.92 Å². The van der Waals surface area contributed by atoms with Gasteiger partial charge in [0.15, 0.2) is 5.41 Å². The average Bonchev–Trinajstić information content (AvgIpc) is 2.76. The lowest BCUT2D eigenvalue weighted by Gasteiger charge is -2.24. The number of hydrogen-bond donors (Lipinski definition) is 0. The van der Waals surface area contributed by atoms with Gasteiger partial charge in [0.05, 0.1) is 26.7 Å². The van der Waals surface area contributed by atoms with Crippen molar-refractivity contribution in [2.24, 2.45) is 11.3 Å². The standard InChI is InChI=1S/C13H18O6/c1-5-19-10(14)9-6-8(2)13(7-9,11(15)17-3)12(16)18-4/h9H,2,5-7H2,1,3-4H3. The van der Waals surface area contributed by atoms with Crippen molar-refractivity contribution < 1.29 is 28.6 Å². The van der Waals surface area contributed by atoms with Crippen LogP contribution < -0.4 is 0 Å². The summed E-state index contributed by atoms with van der Waals surface area (Å²) in [6.45, 7) is 5.66. The highest BCUT2D eigenvalue weighted by Gasteiger charge is 2.57. The van der Waals surface area contributed by atoms with Gasteiger partial charge in [0.25, 0.3) is 0 Å². The zero-order valence-corrected chi connectivity index (χ0v) is 11.4. The van der Waals surface area contributed by atoms with Gasteiger partial charge < -0.3 is 14.2 Å². The maximum atomic E-state index is 11.9. The molecule has 0 spiro atoms. The molecule has 0 bridgehead atoms. The minimum Gasteiger partial charge on any atom is -0.468 e. The van der Waals surface area contributed by atoms with Gasteiger partial charge in [-0.1, -0.05) is 6.58 Å². The van der Waals surface area contributed by atoms with E-state index in [1.807, 2.05) is 0 Å². The molecule has 0 amide bonds. The van der Waals surface area contributed by atoms with Crippen LogP contribution in [0.25, 0.3) is 0 Å². The Morgan fingerprint density at radius 2 is 1.79 bits per heavy atom. The molecule has 0 aromatic rings. The summed E-state index contributed by atoms with van der Waals surface area (Å²) in [5.74, 6) is -2.53. The van der Waals surface area contributed by atoms with Crippen molar-refractivity contribution in [3.05, 3.63) is 12.2 Å². The summed E-state index contributed by atoms with van der Waals surface area (Å²) in [5, 5.41) is 0. The van der Waals surface area contributed by atoms with E-state index in [2.05, 4.69) is 16.1 Å². The van der Waals surface area contributed by atoms with Crippen LogP contribution in [0.5, 0.6) is 0 Å². The number of esters is 3. The van der Waals surface area contributed by atoms with Crippen LogP contribution in [0, 0.1) is 11.3 Å². The molecule has 6 heteroatoms. The lowest BCUT2D eigenvalue weighted by Crippen LogP contribution is -2.40. The van der Waals surface area contributed by atoms with Crippen LogP contribution in [0.3, 0.4) is 0 Å². The fourth-order valence-corrected chi connectivity index (χ4v) is 2.37. The summed E-state index contributed by atoms with van der Waals surface area (Å²) in [7, 11) is 2.36. The zero-order chi connectivity index (χ0) is 14.6. The second-order valence-corrected chi connectivity index (χ2v) is 4.35. The van der Waals surface area contributed by atoms with Crippen molar-refractivity contribution >= 4 is 17.9 Å². The molecular weight excluding hydrogens is 252 g/mol. The molecule has 0 aromatic carbocycles. The highest BCUT2D eigenvalue weighted by Crippen LogP contribution is 2.47. The Balaban J connectivity index is 3.07. The van der Waals surface area contributed by atoms with Crippen LogP contribution in [-0.2, 0) is 28.6 Å². The summed E-state index contributed by atoms with van der Waals surface area (Å²) in [4.78, 5) is 35.6. The van der Waals surface area contributed by atoms with Crippen LogP contribution in [0.4, 0.5) is 0 Å². The molecule has 1 saturated carbocycles. The lowest BCUT2D eigenvalue weighted by molar-refractivity contribution is -0.166.